The number of benzene rings is 1. The Morgan fingerprint density at radius 3 is 2.32 bits per heavy atom. The lowest BCUT2D eigenvalue weighted by atomic mass is 9.90. The molecule has 166 valence electrons. The summed E-state index contributed by atoms with van der Waals surface area (Å²) in [4.78, 5) is 18.5. The van der Waals surface area contributed by atoms with Crippen molar-refractivity contribution in [1.29, 1.82) is 0 Å². The maximum atomic E-state index is 13.7. The molecule has 1 saturated carbocycles. The fourth-order valence-corrected chi connectivity index (χ4v) is 6.24. The topological polar surface area (TPSA) is 96.6 Å². The second-order valence-corrected chi connectivity index (χ2v) is 10.5. The maximum Gasteiger partial charge on any atom is 0.238 e. The molecule has 1 aromatic carbocycles. The monoisotopic (exact) mass is 442 g/mol. The number of sulfonamides is 1. The van der Waals surface area contributed by atoms with E-state index < -0.39 is 15.3 Å². The van der Waals surface area contributed by atoms with E-state index in [-0.39, 0.29) is 18.9 Å². The van der Waals surface area contributed by atoms with Crippen molar-refractivity contribution in [3.8, 4) is 0 Å². The number of likely N-dealkylation sites (tertiary alicyclic amines) is 1. The number of carbonyl (C=O) groups excluding carboxylic acids is 1. The SMILES string of the molecule is NCC(=O)c1ccc(CN(c2ccccc2)S(=O)(=O)C2CCN(C3CCC3)CC2)nc1. The van der Waals surface area contributed by atoms with Crippen LogP contribution in [0.1, 0.15) is 48.2 Å². The van der Waals surface area contributed by atoms with E-state index in [0.29, 0.717) is 35.8 Å². The Morgan fingerprint density at radius 2 is 1.77 bits per heavy atom. The number of hydrogen-bond donors (Lipinski definition) is 1. The summed E-state index contributed by atoms with van der Waals surface area (Å²) in [5, 5.41) is -0.401. The molecule has 2 fully saturated rings. The van der Waals surface area contributed by atoms with Gasteiger partial charge >= 0.3 is 0 Å². The van der Waals surface area contributed by atoms with Gasteiger partial charge in [0.25, 0.3) is 0 Å². The summed E-state index contributed by atoms with van der Waals surface area (Å²) in [6, 6.07) is 13.2. The predicted octanol–water partition coefficient (Wildman–Crippen LogP) is 2.58. The number of para-hydroxylation sites is 1. The summed E-state index contributed by atoms with van der Waals surface area (Å²) in [7, 11) is -3.56. The van der Waals surface area contributed by atoms with Gasteiger partial charge in [-0.2, -0.15) is 0 Å². The predicted molar refractivity (Wildman–Crippen MR) is 121 cm³/mol. The number of Topliss-reactive ketones (excluding diaryl/α,β-unsaturated/α-hetero) is 1. The van der Waals surface area contributed by atoms with Crippen LogP contribution in [-0.2, 0) is 16.6 Å². The van der Waals surface area contributed by atoms with Crippen LogP contribution in [0.4, 0.5) is 5.69 Å². The Morgan fingerprint density at radius 1 is 1.06 bits per heavy atom. The highest BCUT2D eigenvalue weighted by Crippen LogP contribution is 2.31. The number of pyridine rings is 1. The van der Waals surface area contributed by atoms with Gasteiger partial charge in [-0.05, 0) is 63.0 Å². The van der Waals surface area contributed by atoms with E-state index in [1.165, 1.54) is 29.8 Å². The summed E-state index contributed by atoms with van der Waals surface area (Å²) in [6.07, 6.45) is 6.54. The molecular weight excluding hydrogens is 412 g/mol. The lowest BCUT2D eigenvalue weighted by Gasteiger charge is -2.42. The van der Waals surface area contributed by atoms with Crippen LogP contribution in [0.3, 0.4) is 0 Å². The van der Waals surface area contributed by atoms with E-state index in [1.54, 1.807) is 12.1 Å². The first-order chi connectivity index (χ1) is 15.0. The van der Waals surface area contributed by atoms with Gasteiger partial charge < -0.3 is 10.6 Å². The van der Waals surface area contributed by atoms with Crippen molar-refractivity contribution in [2.24, 2.45) is 5.73 Å². The number of rotatable bonds is 8. The van der Waals surface area contributed by atoms with Gasteiger partial charge in [0.1, 0.15) is 0 Å². The molecule has 0 spiro atoms. The van der Waals surface area contributed by atoms with E-state index in [4.69, 9.17) is 5.73 Å². The molecule has 1 aromatic heterocycles. The molecule has 0 amide bonds. The number of piperidine rings is 1. The Kier molecular flexibility index (Phi) is 6.69. The first-order valence-corrected chi connectivity index (χ1v) is 12.5. The minimum atomic E-state index is -3.56. The molecule has 4 rings (SSSR count). The molecule has 2 heterocycles. The van der Waals surface area contributed by atoms with Crippen molar-refractivity contribution in [3.05, 3.63) is 59.9 Å². The van der Waals surface area contributed by atoms with Crippen molar-refractivity contribution in [2.45, 2.75) is 49.9 Å². The van der Waals surface area contributed by atoms with Crippen LogP contribution < -0.4 is 10.0 Å². The molecular formula is C23H30N4O3S. The highest BCUT2D eigenvalue weighted by Gasteiger charge is 2.37. The third kappa shape index (κ3) is 4.81. The fourth-order valence-electron chi connectivity index (χ4n) is 4.34. The number of carbonyl (C=O) groups is 1. The number of nitrogens with zero attached hydrogens (tertiary/aromatic N) is 3. The molecule has 1 saturated heterocycles. The molecule has 0 atom stereocenters. The smallest absolute Gasteiger partial charge is 0.238 e. The zero-order valence-corrected chi connectivity index (χ0v) is 18.5. The van der Waals surface area contributed by atoms with Crippen LogP contribution in [0.25, 0.3) is 0 Å². The van der Waals surface area contributed by atoms with Crippen molar-refractivity contribution in [1.82, 2.24) is 9.88 Å². The minimum absolute atomic E-state index is 0.0783. The summed E-state index contributed by atoms with van der Waals surface area (Å²) in [5.41, 5.74) is 7.07. The van der Waals surface area contributed by atoms with E-state index in [1.807, 2.05) is 30.3 Å². The minimum Gasteiger partial charge on any atom is -0.324 e. The molecule has 0 unspecified atom stereocenters. The lowest BCUT2D eigenvalue weighted by Crippen LogP contribution is -2.49. The average Bonchev–Trinajstić information content (AvgIpc) is 2.77. The van der Waals surface area contributed by atoms with E-state index >= 15 is 0 Å². The first kappa shape index (κ1) is 21.9. The molecule has 2 aromatic rings. The van der Waals surface area contributed by atoms with Gasteiger partial charge in [0, 0.05) is 17.8 Å². The summed E-state index contributed by atoms with van der Waals surface area (Å²) >= 11 is 0. The molecule has 2 aliphatic rings. The quantitative estimate of drug-likeness (QED) is 0.631. The summed E-state index contributed by atoms with van der Waals surface area (Å²) in [6.45, 7) is 1.73. The van der Waals surface area contributed by atoms with Gasteiger partial charge in [-0.25, -0.2) is 8.42 Å². The molecule has 0 bridgehead atoms. The second-order valence-electron chi connectivity index (χ2n) is 8.37. The number of nitrogens with two attached hydrogens (primary N) is 1. The Bertz CT molecular complexity index is 983. The van der Waals surface area contributed by atoms with Crippen molar-refractivity contribution >= 4 is 21.5 Å². The van der Waals surface area contributed by atoms with Crippen LogP contribution >= 0.6 is 0 Å². The van der Waals surface area contributed by atoms with E-state index in [9.17, 15) is 13.2 Å². The van der Waals surface area contributed by atoms with E-state index in [0.717, 1.165) is 13.1 Å². The van der Waals surface area contributed by atoms with Gasteiger partial charge in [-0.3, -0.25) is 14.1 Å². The van der Waals surface area contributed by atoms with Crippen LogP contribution in [0.15, 0.2) is 48.7 Å². The molecule has 2 N–H and O–H groups in total. The molecule has 7 nitrogen and oxygen atoms in total. The van der Waals surface area contributed by atoms with Crippen molar-refractivity contribution in [3.63, 3.8) is 0 Å². The number of anilines is 1. The second kappa shape index (κ2) is 9.46. The molecule has 31 heavy (non-hydrogen) atoms. The average molecular weight is 443 g/mol. The number of aromatic nitrogens is 1. The maximum absolute atomic E-state index is 13.7. The van der Waals surface area contributed by atoms with Crippen LogP contribution in [0, 0.1) is 0 Å². The molecule has 1 aliphatic carbocycles. The van der Waals surface area contributed by atoms with Crippen molar-refractivity contribution < 1.29 is 13.2 Å². The highest BCUT2D eigenvalue weighted by atomic mass is 32.2. The van der Waals surface area contributed by atoms with Gasteiger partial charge in [-0.15, -0.1) is 0 Å². The van der Waals surface area contributed by atoms with Crippen LogP contribution in [0.5, 0.6) is 0 Å². The van der Waals surface area contributed by atoms with E-state index in [2.05, 4.69) is 9.88 Å². The van der Waals surface area contributed by atoms with Gasteiger partial charge in [0.05, 0.1) is 29.7 Å². The van der Waals surface area contributed by atoms with Crippen LogP contribution in [0.2, 0.25) is 0 Å². The summed E-state index contributed by atoms with van der Waals surface area (Å²) < 4.78 is 28.8. The molecule has 0 radical (unpaired) electrons. The molecule has 8 heteroatoms. The van der Waals surface area contributed by atoms with Crippen molar-refractivity contribution in [2.75, 3.05) is 23.9 Å². The standard InChI is InChI=1S/C23H30N4O3S/c24-15-23(28)18-9-10-19(25-16-18)17-27(21-5-2-1-3-6-21)31(29,30)22-11-13-26(14-12-22)20-7-4-8-20/h1-3,5-6,9-10,16,20,22H,4,7-8,11-15,17,24H2. The highest BCUT2D eigenvalue weighted by molar-refractivity contribution is 7.93. The largest absolute Gasteiger partial charge is 0.324 e. The number of hydrogen-bond acceptors (Lipinski definition) is 6. The third-order valence-electron chi connectivity index (χ3n) is 6.48. The zero-order chi connectivity index (χ0) is 21.8. The molecule has 1 aliphatic heterocycles. The normalized spacial score (nSPS) is 18.5. The third-order valence-corrected chi connectivity index (χ3v) is 8.75. The van der Waals surface area contributed by atoms with Gasteiger partial charge in [0.2, 0.25) is 10.0 Å². The Labute approximate surface area is 184 Å². The van der Waals surface area contributed by atoms with Gasteiger partial charge in [0.15, 0.2) is 5.78 Å². The lowest BCUT2D eigenvalue weighted by molar-refractivity contribution is 0.100. The Hall–Kier alpha value is -2.29. The number of ketones is 1. The zero-order valence-electron chi connectivity index (χ0n) is 17.7. The van der Waals surface area contributed by atoms with Gasteiger partial charge in [-0.1, -0.05) is 24.6 Å². The van der Waals surface area contributed by atoms with Crippen LogP contribution in [-0.4, -0.2) is 55.0 Å². The fraction of sp³-hybridized carbons (Fsp3) is 0.478. The summed E-state index contributed by atoms with van der Waals surface area (Å²) in [5.74, 6) is -0.190. The first-order valence-electron chi connectivity index (χ1n) is 11.0. The Balaban J connectivity index is 1.54.